The zero-order valence-corrected chi connectivity index (χ0v) is 12.8. The van der Waals surface area contributed by atoms with E-state index in [1.807, 2.05) is 7.11 Å². The molecule has 0 spiro atoms. The van der Waals surface area contributed by atoms with Gasteiger partial charge in [-0.2, -0.15) is 0 Å². The number of rotatable bonds is 7. The maximum absolute atomic E-state index is 5.79. The second-order valence-electron chi connectivity index (χ2n) is 6.36. The summed E-state index contributed by atoms with van der Waals surface area (Å²) in [5.41, 5.74) is 4.62. The molecule has 2 atom stereocenters. The van der Waals surface area contributed by atoms with E-state index in [0.29, 0.717) is 12.1 Å². The Morgan fingerprint density at radius 1 is 1.25 bits per heavy atom. The summed E-state index contributed by atoms with van der Waals surface area (Å²) in [7, 11) is 1.87. The molecular formula is C18H27NO. The summed E-state index contributed by atoms with van der Waals surface area (Å²) in [6.07, 6.45) is 8.02. The lowest BCUT2D eigenvalue weighted by Crippen LogP contribution is -2.43. The van der Waals surface area contributed by atoms with E-state index in [0.717, 1.165) is 18.9 Å². The minimum atomic E-state index is 0.378. The van der Waals surface area contributed by atoms with Crippen molar-refractivity contribution in [3.8, 4) is 0 Å². The summed E-state index contributed by atoms with van der Waals surface area (Å²) in [5, 5.41) is 3.65. The van der Waals surface area contributed by atoms with Gasteiger partial charge in [-0.1, -0.05) is 25.1 Å². The maximum atomic E-state index is 5.79. The number of hydrogen-bond donors (Lipinski definition) is 1. The number of nitrogens with one attached hydrogen (secondary N) is 1. The number of ether oxygens (including phenoxy) is 1. The molecule has 3 rings (SSSR count). The predicted octanol–water partition coefficient (Wildman–Crippen LogP) is 3.12. The third-order valence-corrected chi connectivity index (χ3v) is 4.84. The molecule has 1 aromatic carbocycles. The van der Waals surface area contributed by atoms with E-state index in [9.17, 15) is 0 Å². The van der Waals surface area contributed by atoms with E-state index >= 15 is 0 Å². The first-order chi connectivity index (χ1) is 9.81. The van der Waals surface area contributed by atoms with Crippen molar-refractivity contribution in [2.75, 3.05) is 13.7 Å². The fraction of sp³-hybridized carbons (Fsp3) is 0.667. The van der Waals surface area contributed by atoms with Gasteiger partial charge in [-0.25, -0.2) is 0 Å². The number of hydrogen-bond acceptors (Lipinski definition) is 2. The number of aryl methyl sites for hydroxylation is 2. The highest BCUT2D eigenvalue weighted by Gasteiger charge is 2.36. The molecule has 0 radical (unpaired) electrons. The molecule has 2 heteroatoms. The van der Waals surface area contributed by atoms with Crippen molar-refractivity contribution >= 4 is 0 Å². The van der Waals surface area contributed by atoms with Gasteiger partial charge in [-0.05, 0) is 67.7 Å². The van der Waals surface area contributed by atoms with Gasteiger partial charge >= 0.3 is 0 Å². The molecule has 0 bridgehead atoms. The Morgan fingerprint density at radius 3 is 2.75 bits per heavy atom. The van der Waals surface area contributed by atoms with Gasteiger partial charge in [0.15, 0.2) is 0 Å². The van der Waals surface area contributed by atoms with E-state index in [1.165, 1.54) is 37.7 Å². The van der Waals surface area contributed by atoms with E-state index in [2.05, 4.69) is 30.4 Å². The highest BCUT2D eigenvalue weighted by molar-refractivity contribution is 5.35. The van der Waals surface area contributed by atoms with Crippen LogP contribution >= 0.6 is 0 Å². The van der Waals surface area contributed by atoms with Crippen LogP contribution in [0.15, 0.2) is 18.2 Å². The van der Waals surface area contributed by atoms with Gasteiger partial charge in [0.1, 0.15) is 0 Å². The van der Waals surface area contributed by atoms with E-state index in [1.54, 1.807) is 11.1 Å². The van der Waals surface area contributed by atoms with E-state index in [4.69, 9.17) is 4.74 Å². The van der Waals surface area contributed by atoms with Crippen LogP contribution in [0.1, 0.15) is 42.9 Å². The summed E-state index contributed by atoms with van der Waals surface area (Å²) in [5.74, 6) is 0.776. The third-order valence-electron chi connectivity index (χ3n) is 4.84. The lowest BCUT2D eigenvalue weighted by atomic mass is 9.96. The predicted molar refractivity (Wildman–Crippen MR) is 83.2 cm³/mol. The molecule has 20 heavy (non-hydrogen) atoms. The fourth-order valence-corrected chi connectivity index (χ4v) is 3.68. The van der Waals surface area contributed by atoms with Gasteiger partial charge in [-0.3, -0.25) is 0 Å². The van der Waals surface area contributed by atoms with Crippen molar-refractivity contribution in [2.24, 2.45) is 5.92 Å². The minimum absolute atomic E-state index is 0.378. The molecule has 2 aliphatic rings. The van der Waals surface area contributed by atoms with Gasteiger partial charge in [0, 0.05) is 13.2 Å². The second kappa shape index (κ2) is 6.28. The van der Waals surface area contributed by atoms with Crippen LogP contribution in [0, 0.1) is 5.92 Å². The van der Waals surface area contributed by atoms with E-state index < -0.39 is 0 Å². The number of fused-ring (bicyclic) bond motifs is 1. The third kappa shape index (κ3) is 3.07. The van der Waals surface area contributed by atoms with Crippen LogP contribution in [0.25, 0.3) is 0 Å². The molecule has 0 amide bonds. The van der Waals surface area contributed by atoms with Gasteiger partial charge in [-0.15, -0.1) is 0 Å². The van der Waals surface area contributed by atoms with Crippen LogP contribution in [0.5, 0.6) is 0 Å². The molecule has 0 aliphatic heterocycles. The van der Waals surface area contributed by atoms with Crippen LogP contribution in [-0.4, -0.2) is 25.8 Å². The van der Waals surface area contributed by atoms with Crippen LogP contribution in [0.4, 0.5) is 0 Å². The van der Waals surface area contributed by atoms with Gasteiger partial charge in [0.2, 0.25) is 0 Å². The van der Waals surface area contributed by atoms with Gasteiger partial charge in [0.05, 0.1) is 6.10 Å². The Balaban J connectivity index is 1.72. The quantitative estimate of drug-likeness (QED) is 0.824. The Labute approximate surface area is 122 Å². The average molecular weight is 273 g/mol. The average Bonchev–Trinajstić information content (AvgIpc) is 3.17. The van der Waals surface area contributed by atoms with Crippen LogP contribution < -0.4 is 5.32 Å². The van der Waals surface area contributed by atoms with Crippen LogP contribution in [0.2, 0.25) is 0 Å². The highest BCUT2D eigenvalue weighted by atomic mass is 16.5. The summed E-state index contributed by atoms with van der Waals surface area (Å²) in [6.45, 7) is 3.21. The van der Waals surface area contributed by atoms with Crippen molar-refractivity contribution in [1.82, 2.24) is 5.32 Å². The number of benzene rings is 1. The molecule has 0 aromatic heterocycles. The Hall–Kier alpha value is -0.860. The Bertz CT molecular complexity index is 453. The summed E-state index contributed by atoms with van der Waals surface area (Å²) < 4.78 is 5.79. The summed E-state index contributed by atoms with van der Waals surface area (Å²) in [4.78, 5) is 0. The molecule has 2 aliphatic carbocycles. The Morgan fingerprint density at radius 2 is 2.05 bits per heavy atom. The molecule has 1 aromatic rings. The SMILES string of the molecule is CCNC(Cc1ccc2c(c1)CCC2)C(OC)C1CC1. The molecule has 2 unspecified atom stereocenters. The molecule has 2 nitrogen and oxygen atoms in total. The lowest BCUT2D eigenvalue weighted by molar-refractivity contribution is 0.0516. The van der Waals surface area contributed by atoms with E-state index in [-0.39, 0.29) is 0 Å². The molecule has 1 fully saturated rings. The molecule has 0 saturated heterocycles. The molecule has 1 N–H and O–H groups in total. The molecular weight excluding hydrogens is 246 g/mol. The zero-order valence-electron chi connectivity index (χ0n) is 12.8. The van der Waals surface area contributed by atoms with Crippen molar-refractivity contribution < 1.29 is 4.74 Å². The standard InChI is InChI=1S/C18H27NO/c1-3-19-17(18(20-2)15-9-10-15)12-13-7-8-14-5-4-6-16(14)11-13/h7-8,11,15,17-19H,3-6,9-10,12H2,1-2H3. The first kappa shape index (κ1) is 14.1. The fourth-order valence-electron chi connectivity index (χ4n) is 3.68. The summed E-state index contributed by atoms with van der Waals surface area (Å²) >= 11 is 0. The highest BCUT2D eigenvalue weighted by Crippen LogP contribution is 2.36. The monoisotopic (exact) mass is 273 g/mol. The van der Waals surface area contributed by atoms with Crippen molar-refractivity contribution in [2.45, 2.75) is 57.6 Å². The maximum Gasteiger partial charge on any atom is 0.0755 e. The molecule has 110 valence electrons. The molecule has 0 heterocycles. The van der Waals surface area contributed by atoms with Crippen LogP contribution in [-0.2, 0) is 24.0 Å². The lowest BCUT2D eigenvalue weighted by Gasteiger charge is -2.27. The van der Waals surface area contributed by atoms with Gasteiger partial charge < -0.3 is 10.1 Å². The molecule has 1 saturated carbocycles. The van der Waals surface area contributed by atoms with Gasteiger partial charge in [0.25, 0.3) is 0 Å². The number of likely N-dealkylation sites (N-methyl/N-ethyl adjacent to an activating group) is 1. The second-order valence-corrected chi connectivity index (χ2v) is 6.36. The minimum Gasteiger partial charge on any atom is -0.380 e. The topological polar surface area (TPSA) is 21.3 Å². The summed E-state index contributed by atoms with van der Waals surface area (Å²) in [6, 6.07) is 7.57. The first-order valence-electron chi connectivity index (χ1n) is 8.18. The normalized spacial score (nSPS) is 20.7. The first-order valence-corrected chi connectivity index (χ1v) is 8.18. The van der Waals surface area contributed by atoms with Crippen molar-refractivity contribution in [3.63, 3.8) is 0 Å². The van der Waals surface area contributed by atoms with Crippen LogP contribution in [0.3, 0.4) is 0 Å². The van der Waals surface area contributed by atoms with Crippen molar-refractivity contribution in [3.05, 3.63) is 34.9 Å². The zero-order chi connectivity index (χ0) is 13.9. The Kier molecular flexibility index (Phi) is 4.42. The number of methoxy groups -OCH3 is 1. The largest absolute Gasteiger partial charge is 0.380 e. The smallest absolute Gasteiger partial charge is 0.0755 e. The van der Waals surface area contributed by atoms with Crippen molar-refractivity contribution in [1.29, 1.82) is 0 Å².